The largest absolute Gasteiger partial charge is 0.353 e. The van der Waals surface area contributed by atoms with Crippen molar-refractivity contribution in [2.24, 2.45) is 5.73 Å². The number of nitrogens with two attached hydrogens (primary N) is 1. The normalized spacial score (nSPS) is 18.1. The summed E-state index contributed by atoms with van der Waals surface area (Å²) >= 11 is 1.98. The lowest BCUT2D eigenvalue weighted by molar-refractivity contribution is -0.121. The molecule has 1 heterocycles. The van der Waals surface area contributed by atoms with Crippen molar-refractivity contribution in [3.05, 3.63) is 0 Å². The van der Waals surface area contributed by atoms with Gasteiger partial charge in [0.25, 0.3) is 0 Å². The van der Waals surface area contributed by atoms with Crippen LogP contribution < -0.4 is 11.1 Å². The summed E-state index contributed by atoms with van der Waals surface area (Å²) in [5.41, 5.74) is 5.36. The maximum Gasteiger partial charge on any atom is 0.220 e. The van der Waals surface area contributed by atoms with Crippen molar-refractivity contribution in [1.82, 2.24) is 5.32 Å². The lowest BCUT2D eigenvalue weighted by Crippen LogP contribution is -2.37. The number of hydrogen-bond acceptors (Lipinski definition) is 3. The minimum absolute atomic E-state index is 0.204. The summed E-state index contributed by atoms with van der Waals surface area (Å²) in [6.07, 6.45) is 4.78. The third-order valence-electron chi connectivity index (χ3n) is 2.44. The minimum atomic E-state index is 0.204. The van der Waals surface area contributed by atoms with Crippen LogP contribution in [0.3, 0.4) is 0 Å². The molecule has 1 saturated heterocycles. The highest BCUT2D eigenvalue weighted by molar-refractivity contribution is 7.99. The van der Waals surface area contributed by atoms with Crippen molar-refractivity contribution in [1.29, 1.82) is 0 Å². The van der Waals surface area contributed by atoms with Gasteiger partial charge < -0.3 is 11.1 Å². The predicted molar refractivity (Wildman–Crippen MR) is 61.4 cm³/mol. The molecule has 82 valence electrons. The van der Waals surface area contributed by atoms with E-state index in [0.717, 1.165) is 25.7 Å². The number of amides is 1. The number of thioether (sulfide) groups is 1. The van der Waals surface area contributed by atoms with Crippen LogP contribution in [0.2, 0.25) is 0 Å². The van der Waals surface area contributed by atoms with E-state index in [1.807, 2.05) is 11.8 Å². The van der Waals surface area contributed by atoms with Crippen LogP contribution >= 0.6 is 11.8 Å². The van der Waals surface area contributed by atoms with Gasteiger partial charge in [-0.3, -0.25) is 4.79 Å². The van der Waals surface area contributed by atoms with Crippen LogP contribution in [0.25, 0.3) is 0 Å². The zero-order chi connectivity index (χ0) is 10.2. The second kappa shape index (κ2) is 7.12. The van der Waals surface area contributed by atoms with E-state index in [2.05, 4.69) is 5.32 Å². The molecule has 14 heavy (non-hydrogen) atoms. The highest BCUT2D eigenvalue weighted by Gasteiger charge is 2.15. The van der Waals surface area contributed by atoms with Crippen LogP contribution in [-0.2, 0) is 4.79 Å². The molecule has 0 bridgehead atoms. The van der Waals surface area contributed by atoms with Crippen molar-refractivity contribution in [2.45, 2.75) is 38.1 Å². The van der Waals surface area contributed by atoms with Crippen molar-refractivity contribution in [2.75, 3.05) is 18.1 Å². The second-order valence-corrected chi connectivity index (χ2v) is 4.92. The van der Waals surface area contributed by atoms with E-state index in [9.17, 15) is 4.79 Å². The molecule has 0 aromatic heterocycles. The molecule has 1 fully saturated rings. The Hall–Kier alpha value is -0.220. The van der Waals surface area contributed by atoms with E-state index in [1.54, 1.807) is 0 Å². The molecule has 1 rings (SSSR count). The number of unbranched alkanes of at least 4 members (excludes halogenated alkanes) is 1. The molecule has 0 spiro atoms. The van der Waals surface area contributed by atoms with Crippen molar-refractivity contribution >= 4 is 17.7 Å². The molecule has 1 aliphatic rings. The highest BCUT2D eigenvalue weighted by atomic mass is 32.2. The van der Waals surface area contributed by atoms with Crippen LogP contribution in [-0.4, -0.2) is 30.0 Å². The van der Waals surface area contributed by atoms with Crippen LogP contribution in [0.5, 0.6) is 0 Å². The van der Waals surface area contributed by atoms with Gasteiger partial charge in [0.05, 0.1) is 0 Å². The number of carbonyl (C=O) groups is 1. The third kappa shape index (κ3) is 4.86. The average Bonchev–Trinajstić information content (AvgIpc) is 2.20. The summed E-state index contributed by atoms with van der Waals surface area (Å²) in [6.45, 7) is 0.688. The Kier molecular flexibility index (Phi) is 6.03. The molecule has 1 aliphatic heterocycles. The quantitative estimate of drug-likeness (QED) is 0.677. The van der Waals surface area contributed by atoms with E-state index in [4.69, 9.17) is 5.73 Å². The SMILES string of the molecule is NCCCCC(=O)NC1CCSCC1. The average molecular weight is 216 g/mol. The summed E-state index contributed by atoms with van der Waals surface area (Å²) < 4.78 is 0. The summed E-state index contributed by atoms with van der Waals surface area (Å²) in [4.78, 5) is 11.4. The zero-order valence-corrected chi connectivity index (χ0v) is 9.44. The van der Waals surface area contributed by atoms with E-state index in [1.165, 1.54) is 11.5 Å². The Bertz CT molecular complexity index is 170. The van der Waals surface area contributed by atoms with Gasteiger partial charge in [-0.05, 0) is 43.7 Å². The fraction of sp³-hybridized carbons (Fsp3) is 0.900. The Balaban J connectivity index is 2.06. The van der Waals surface area contributed by atoms with Gasteiger partial charge in [-0.25, -0.2) is 0 Å². The van der Waals surface area contributed by atoms with Gasteiger partial charge in [-0.15, -0.1) is 0 Å². The molecule has 3 N–H and O–H groups in total. The van der Waals surface area contributed by atoms with Gasteiger partial charge in [-0.2, -0.15) is 11.8 Å². The van der Waals surface area contributed by atoms with E-state index >= 15 is 0 Å². The molecule has 0 aromatic carbocycles. The molecule has 0 aromatic rings. The smallest absolute Gasteiger partial charge is 0.220 e. The number of hydrogen-bond donors (Lipinski definition) is 2. The van der Waals surface area contributed by atoms with Gasteiger partial charge in [0, 0.05) is 12.5 Å². The van der Waals surface area contributed by atoms with E-state index in [0.29, 0.717) is 19.0 Å². The maximum absolute atomic E-state index is 11.4. The van der Waals surface area contributed by atoms with E-state index < -0.39 is 0 Å². The summed E-state index contributed by atoms with van der Waals surface area (Å²) in [6, 6.07) is 0.432. The molecule has 3 nitrogen and oxygen atoms in total. The lowest BCUT2D eigenvalue weighted by Gasteiger charge is -2.22. The highest BCUT2D eigenvalue weighted by Crippen LogP contribution is 2.16. The summed E-state index contributed by atoms with van der Waals surface area (Å²) in [7, 11) is 0. The third-order valence-corrected chi connectivity index (χ3v) is 3.49. The van der Waals surface area contributed by atoms with Gasteiger partial charge in [0.15, 0.2) is 0 Å². The van der Waals surface area contributed by atoms with Crippen LogP contribution in [0, 0.1) is 0 Å². The Labute approximate surface area is 90.2 Å². The van der Waals surface area contributed by atoms with Gasteiger partial charge in [0.1, 0.15) is 0 Å². The molecular weight excluding hydrogens is 196 g/mol. The van der Waals surface area contributed by atoms with Crippen molar-refractivity contribution < 1.29 is 4.79 Å². The monoisotopic (exact) mass is 216 g/mol. The van der Waals surface area contributed by atoms with Crippen molar-refractivity contribution in [3.63, 3.8) is 0 Å². The molecule has 0 aliphatic carbocycles. The summed E-state index contributed by atoms with van der Waals surface area (Å²) in [5.74, 6) is 2.58. The molecule has 4 heteroatoms. The van der Waals surface area contributed by atoms with Crippen LogP contribution in [0.1, 0.15) is 32.1 Å². The Morgan fingerprint density at radius 1 is 1.36 bits per heavy atom. The second-order valence-electron chi connectivity index (χ2n) is 3.70. The minimum Gasteiger partial charge on any atom is -0.353 e. The number of nitrogens with one attached hydrogen (secondary N) is 1. The molecule has 0 unspecified atom stereocenters. The molecule has 0 saturated carbocycles. The molecule has 0 radical (unpaired) electrons. The first-order valence-corrected chi connectivity index (χ1v) is 6.55. The van der Waals surface area contributed by atoms with Gasteiger partial charge >= 0.3 is 0 Å². The number of carbonyl (C=O) groups excluding carboxylic acids is 1. The first-order chi connectivity index (χ1) is 6.83. The van der Waals surface area contributed by atoms with Gasteiger partial charge in [-0.1, -0.05) is 0 Å². The predicted octanol–water partition coefficient (Wildman–Crippen LogP) is 1.13. The Morgan fingerprint density at radius 2 is 2.07 bits per heavy atom. The lowest BCUT2D eigenvalue weighted by atomic mass is 10.1. The van der Waals surface area contributed by atoms with Crippen molar-refractivity contribution in [3.8, 4) is 0 Å². The Morgan fingerprint density at radius 3 is 2.71 bits per heavy atom. The molecule has 1 amide bonds. The molecular formula is C10H20N2OS. The zero-order valence-electron chi connectivity index (χ0n) is 8.63. The topological polar surface area (TPSA) is 55.1 Å². The first kappa shape index (κ1) is 11.9. The van der Waals surface area contributed by atoms with Crippen LogP contribution in [0.4, 0.5) is 0 Å². The van der Waals surface area contributed by atoms with E-state index in [-0.39, 0.29) is 5.91 Å². The first-order valence-electron chi connectivity index (χ1n) is 5.40. The van der Waals surface area contributed by atoms with Gasteiger partial charge in [0.2, 0.25) is 5.91 Å². The van der Waals surface area contributed by atoms with Crippen LogP contribution in [0.15, 0.2) is 0 Å². The fourth-order valence-electron chi connectivity index (χ4n) is 1.57. The molecule has 0 atom stereocenters. The fourth-order valence-corrected chi connectivity index (χ4v) is 2.68. The number of rotatable bonds is 5. The summed E-state index contributed by atoms with van der Waals surface area (Å²) in [5, 5.41) is 3.08. The standard InChI is InChI=1S/C10H20N2OS/c11-6-2-1-3-10(13)12-9-4-7-14-8-5-9/h9H,1-8,11H2,(H,12,13). The maximum atomic E-state index is 11.4.